The van der Waals surface area contributed by atoms with Crippen molar-refractivity contribution in [2.24, 2.45) is 5.92 Å². The van der Waals surface area contributed by atoms with Gasteiger partial charge in [-0.05, 0) is 5.92 Å². The minimum absolute atomic E-state index is 0.102. The van der Waals surface area contributed by atoms with Crippen molar-refractivity contribution in [1.82, 2.24) is 4.90 Å². The van der Waals surface area contributed by atoms with Crippen LogP contribution in [0.1, 0.15) is 40.5 Å². The van der Waals surface area contributed by atoms with Gasteiger partial charge in [-0.25, -0.2) is 0 Å². The molecule has 0 N–H and O–H groups in total. The summed E-state index contributed by atoms with van der Waals surface area (Å²) in [6.45, 7) is 8.02. The summed E-state index contributed by atoms with van der Waals surface area (Å²) in [5, 5.41) is 0. The summed E-state index contributed by atoms with van der Waals surface area (Å²) in [5.74, 6) is 0.263. The Balaban J connectivity index is 0. The highest BCUT2D eigenvalue weighted by Gasteiger charge is 2.10. The van der Waals surface area contributed by atoms with Crippen LogP contribution in [0.4, 0.5) is 0 Å². The Morgan fingerprint density at radius 2 is 1.92 bits per heavy atom. The van der Waals surface area contributed by atoms with Crippen LogP contribution in [-0.2, 0) is 9.59 Å². The number of hydrogen-bond donors (Lipinski definition) is 0. The molecule has 3 nitrogen and oxygen atoms in total. The molecule has 0 aromatic carbocycles. The summed E-state index contributed by atoms with van der Waals surface area (Å²) in [4.78, 5) is 22.2. The molecular weight excluding hydrogens is 166 g/mol. The van der Waals surface area contributed by atoms with Crippen molar-refractivity contribution in [2.45, 2.75) is 40.5 Å². The largest absolute Gasteiger partial charge is 0.288 e. The minimum Gasteiger partial charge on any atom is -0.288 e. The molecule has 13 heavy (non-hydrogen) atoms. The molecule has 0 heterocycles. The Kier molecular flexibility index (Phi) is 10.4. The van der Waals surface area contributed by atoms with Gasteiger partial charge in [0.15, 0.2) is 0 Å². The van der Waals surface area contributed by atoms with E-state index in [9.17, 15) is 9.59 Å². The van der Waals surface area contributed by atoms with Gasteiger partial charge in [-0.2, -0.15) is 0 Å². The van der Waals surface area contributed by atoms with Gasteiger partial charge in [-0.1, -0.05) is 34.1 Å². The Morgan fingerprint density at radius 1 is 1.46 bits per heavy atom. The molecule has 0 bridgehead atoms. The molecule has 0 aliphatic rings. The third-order valence-corrected chi connectivity index (χ3v) is 1.77. The van der Waals surface area contributed by atoms with Gasteiger partial charge in [0.1, 0.15) is 0 Å². The monoisotopic (exact) mass is 187 g/mol. The van der Waals surface area contributed by atoms with Crippen LogP contribution >= 0.6 is 0 Å². The molecular formula is C10H21NO2. The number of rotatable bonds is 4. The first-order valence-electron chi connectivity index (χ1n) is 4.82. The SMILES string of the molecule is CC.CCC(C)CC(=O)N(C)C=O. The van der Waals surface area contributed by atoms with E-state index >= 15 is 0 Å². The predicted octanol–water partition coefficient (Wildman–Crippen LogP) is 2.06. The first-order valence-corrected chi connectivity index (χ1v) is 4.82. The molecule has 0 saturated heterocycles. The lowest BCUT2D eigenvalue weighted by Gasteiger charge is -2.11. The zero-order valence-corrected chi connectivity index (χ0v) is 9.33. The zero-order chi connectivity index (χ0) is 10.9. The third kappa shape index (κ3) is 7.50. The molecule has 1 unspecified atom stereocenters. The topological polar surface area (TPSA) is 37.4 Å². The van der Waals surface area contributed by atoms with E-state index in [-0.39, 0.29) is 5.91 Å². The Hall–Kier alpha value is -0.860. The molecule has 0 aromatic rings. The standard InChI is InChI=1S/C8H15NO2.C2H6/c1-4-7(2)5-8(11)9(3)6-10;1-2/h6-7H,4-5H2,1-3H3;1-2H3. The van der Waals surface area contributed by atoms with Gasteiger partial charge in [-0.3, -0.25) is 14.5 Å². The second-order valence-corrected chi connectivity index (χ2v) is 2.83. The van der Waals surface area contributed by atoms with Crippen LogP contribution in [0.15, 0.2) is 0 Å². The smallest absolute Gasteiger partial charge is 0.228 e. The van der Waals surface area contributed by atoms with E-state index < -0.39 is 0 Å². The molecule has 1 atom stereocenters. The summed E-state index contributed by atoms with van der Waals surface area (Å²) >= 11 is 0. The van der Waals surface area contributed by atoms with E-state index in [4.69, 9.17) is 0 Å². The predicted molar refractivity (Wildman–Crippen MR) is 54.3 cm³/mol. The van der Waals surface area contributed by atoms with E-state index in [0.717, 1.165) is 11.3 Å². The number of carbonyl (C=O) groups is 2. The molecule has 78 valence electrons. The van der Waals surface area contributed by atoms with Crippen LogP contribution in [0.5, 0.6) is 0 Å². The van der Waals surface area contributed by atoms with Crippen LogP contribution in [0, 0.1) is 5.92 Å². The highest BCUT2D eigenvalue weighted by Crippen LogP contribution is 2.07. The van der Waals surface area contributed by atoms with E-state index in [1.165, 1.54) is 7.05 Å². The van der Waals surface area contributed by atoms with Gasteiger partial charge < -0.3 is 0 Å². The maximum atomic E-state index is 11.0. The second kappa shape index (κ2) is 9.23. The summed E-state index contributed by atoms with van der Waals surface area (Å²) in [6.07, 6.45) is 1.98. The average Bonchev–Trinajstić information content (AvgIpc) is 2.19. The van der Waals surface area contributed by atoms with Crippen molar-refractivity contribution in [2.75, 3.05) is 7.05 Å². The molecule has 0 spiro atoms. The normalized spacial score (nSPS) is 10.8. The van der Waals surface area contributed by atoms with Crippen molar-refractivity contribution in [3.05, 3.63) is 0 Å². The molecule has 0 aliphatic carbocycles. The number of amides is 2. The molecule has 0 rings (SSSR count). The van der Waals surface area contributed by atoms with E-state index in [0.29, 0.717) is 18.7 Å². The van der Waals surface area contributed by atoms with Crippen molar-refractivity contribution in [3.8, 4) is 0 Å². The summed E-state index contributed by atoms with van der Waals surface area (Å²) in [7, 11) is 1.48. The summed E-state index contributed by atoms with van der Waals surface area (Å²) in [5.41, 5.74) is 0. The lowest BCUT2D eigenvalue weighted by molar-refractivity contribution is -0.137. The van der Waals surface area contributed by atoms with E-state index in [1.807, 2.05) is 27.7 Å². The third-order valence-electron chi connectivity index (χ3n) is 1.77. The highest BCUT2D eigenvalue weighted by atomic mass is 16.2. The van der Waals surface area contributed by atoms with Gasteiger partial charge >= 0.3 is 0 Å². The maximum absolute atomic E-state index is 11.0. The Labute approximate surface area is 81.1 Å². The maximum Gasteiger partial charge on any atom is 0.228 e. The molecule has 0 aromatic heterocycles. The zero-order valence-electron chi connectivity index (χ0n) is 9.33. The van der Waals surface area contributed by atoms with Crippen molar-refractivity contribution >= 4 is 12.3 Å². The molecule has 0 radical (unpaired) electrons. The highest BCUT2D eigenvalue weighted by molar-refractivity contribution is 5.85. The van der Waals surface area contributed by atoms with Crippen LogP contribution in [0.2, 0.25) is 0 Å². The van der Waals surface area contributed by atoms with Gasteiger partial charge in [0.25, 0.3) is 0 Å². The minimum atomic E-state index is -0.102. The Bertz CT molecular complexity index is 146. The van der Waals surface area contributed by atoms with E-state index in [1.54, 1.807) is 0 Å². The molecule has 3 heteroatoms. The first kappa shape index (κ1) is 14.7. The Morgan fingerprint density at radius 3 is 2.23 bits per heavy atom. The first-order chi connectivity index (χ1) is 6.11. The fourth-order valence-corrected chi connectivity index (χ4v) is 0.645. The summed E-state index contributed by atoms with van der Waals surface area (Å²) < 4.78 is 0. The fraction of sp³-hybridized carbons (Fsp3) is 0.800. The molecule has 0 aliphatic heterocycles. The fourth-order valence-electron chi connectivity index (χ4n) is 0.645. The van der Waals surface area contributed by atoms with Gasteiger partial charge in [-0.15, -0.1) is 0 Å². The van der Waals surface area contributed by atoms with Crippen molar-refractivity contribution in [3.63, 3.8) is 0 Å². The van der Waals surface area contributed by atoms with Crippen LogP contribution in [0.25, 0.3) is 0 Å². The van der Waals surface area contributed by atoms with Crippen LogP contribution < -0.4 is 0 Å². The van der Waals surface area contributed by atoms with E-state index in [2.05, 4.69) is 0 Å². The molecule has 2 amide bonds. The van der Waals surface area contributed by atoms with Gasteiger partial charge in [0.05, 0.1) is 0 Å². The lowest BCUT2D eigenvalue weighted by Crippen LogP contribution is -2.26. The van der Waals surface area contributed by atoms with Crippen LogP contribution in [0.3, 0.4) is 0 Å². The van der Waals surface area contributed by atoms with Crippen molar-refractivity contribution in [1.29, 1.82) is 0 Å². The molecule has 0 fully saturated rings. The quantitative estimate of drug-likeness (QED) is 0.632. The second-order valence-electron chi connectivity index (χ2n) is 2.83. The molecule has 0 saturated carbocycles. The van der Waals surface area contributed by atoms with Crippen molar-refractivity contribution < 1.29 is 9.59 Å². The number of imide groups is 1. The lowest BCUT2D eigenvalue weighted by atomic mass is 10.1. The average molecular weight is 187 g/mol. The van der Waals surface area contributed by atoms with Gasteiger partial charge in [0.2, 0.25) is 12.3 Å². The number of carbonyl (C=O) groups excluding carboxylic acids is 2. The van der Waals surface area contributed by atoms with Gasteiger partial charge in [0, 0.05) is 13.5 Å². The van der Waals surface area contributed by atoms with Crippen LogP contribution in [-0.4, -0.2) is 24.3 Å². The number of hydrogen-bond acceptors (Lipinski definition) is 2. The summed E-state index contributed by atoms with van der Waals surface area (Å²) in [6, 6.07) is 0. The number of nitrogens with zero attached hydrogens (tertiary/aromatic N) is 1.